The number of hydrogen-bond acceptors (Lipinski definition) is 1. The van der Waals surface area contributed by atoms with E-state index in [1.54, 1.807) is 0 Å². The summed E-state index contributed by atoms with van der Waals surface area (Å²) in [4.78, 5) is 0. The van der Waals surface area contributed by atoms with Gasteiger partial charge in [0.05, 0.1) is 0 Å². The Morgan fingerprint density at radius 2 is 2.07 bits per heavy atom. The Morgan fingerprint density at radius 1 is 1.27 bits per heavy atom. The third-order valence-electron chi connectivity index (χ3n) is 3.47. The molecule has 2 heteroatoms. The SMILES string of the molecule is NCCCc1cccn1C1CCCCC1. The van der Waals surface area contributed by atoms with Gasteiger partial charge in [0.2, 0.25) is 0 Å². The highest BCUT2D eigenvalue weighted by molar-refractivity contribution is 5.09. The van der Waals surface area contributed by atoms with E-state index in [0.29, 0.717) is 0 Å². The number of rotatable bonds is 4. The van der Waals surface area contributed by atoms with Crippen LogP contribution in [0.15, 0.2) is 18.3 Å². The Labute approximate surface area is 92.5 Å². The van der Waals surface area contributed by atoms with Gasteiger partial charge in [-0.1, -0.05) is 19.3 Å². The van der Waals surface area contributed by atoms with E-state index in [9.17, 15) is 0 Å². The Morgan fingerprint density at radius 3 is 2.80 bits per heavy atom. The third-order valence-corrected chi connectivity index (χ3v) is 3.47. The van der Waals surface area contributed by atoms with Crippen molar-refractivity contribution >= 4 is 0 Å². The number of aromatic nitrogens is 1. The Bertz CT molecular complexity index is 284. The van der Waals surface area contributed by atoms with E-state index >= 15 is 0 Å². The number of aryl methyl sites for hydroxylation is 1. The molecule has 1 aromatic heterocycles. The molecule has 1 aliphatic carbocycles. The molecule has 0 aromatic carbocycles. The fourth-order valence-corrected chi connectivity index (χ4v) is 2.64. The first-order valence-electron chi connectivity index (χ1n) is 6.27. The van der Waals surface area contributed by atoms with Gasteiger partial charge in [0, 0.05) is 17.9 Å². The molecule has 0 spiro atoms. The molecule has 1 fully saturated rings. The maximum Gasteiger partial charge on any atom is 0.0333 e. The summed E-state index contributed by atoms with van der Waals surface area (Å²) >= 11 is 0. The first-order chi connectivity index (χ1) is 7.42. The highest BCUT2D eigenvalue weighted by Gasteiger charge is 2.16. The molecular weight excluding hydrogens is 184 g/mol. The maximum atomic E-state index is 5.56. The zero-order valence-electron chi connectivity index (χ0n) is 9.49. The summed E-state index contributed by atoms with van der Waals surface area (Å²) in [7, 11) is 0. The molecule has 0 saturated heterocycles. The smallest absolute Gasteiger partial charge is 0.0333 e. The molecule has 1 saturated carbocycles. The van der Waals surface area contributed by atoms with E-state index in [1.807, 2.05) is 0 Å². The molecule has 1 heterocycles. The van der Waals surface area contributed by atoms with Crippen LogP contribution < -0.4 is 5.73 Å². The van der Waals surface area contributed by atoms with Crippen molar-refractivity contribution < 1.29 is 0 Å². The summed E-state index contributed by atoms with van der Waals surface area (Å²) in [6.07, 6.45) is 11.5. The quantitative estimate of drug-likeness (QED) is 0.807. The molecule has 2 N–H and O–H groups in total. The average molecular weight is 206 g/mol. The molecular formula is C13H22N2. The van der Waals surface area contributed by atoms with Gasteiger partial charge in [0.25, 0.3) is 0 Å². The lowest BCUT2D eigenvalue weighted by Gasteiger charge is -2.25. The van der Waals surface area contributed by atoms with Crippen LogP contribution in [-0.2, 0) is 6.42 Å². The summed E-state index contributed by atoms with van der Waals surface area (Å²) in [5.74, 6) is 0. The van der Waals surface area contributed by atoms with Crippen LogP contribution in [0.1, 0.15) is 50.3 Å². The van der Waals surface area contributed by atoms with Gasteiger partial charge in [-0.25, -0.2) is 0 Å². The van der Waals surface area contributed by atoms with Gasteiger partial charge in [-0.3, -0.25) is 0 Å². The Kier molecular flexibility index (Phi) is 3.84. The predicted molar refractivity (Wildman–Crippen MR) is 63.9 cm³/mol. The summed E-state index contributed by atoms with van der Waals surface area (Å²) in [5, 5.41) is 0. The third kappa shape index (κ3) is 2.63. The summed E-state index contributed by atoms with van der Waals surface area (Å²) in [6, 6.07) is 5.20. The first kappa shape index (κ1) is 10.7. The molecule has 84 valence electrons. The van der Waals surface area contributed by atoms with Crippen LogP contribution in [-0.4, -0.2) is 11.1 Å². The molecule has 0 atom stereocenters. The molecule has 0 amide bonds. The van der Waals surface area contributed by atoms with Crippen molar-refractivity contribution in [1.29, 1.82) is 0 Å². The molecule has 0 unspecified atom stereocenters. The van der Waals surface area contributed by atoms with Crippen molar-refractivity contribution in [2.75, 3.05) is 6.54 Å². The van der Waals surface area contributed by atoms with Crippen LogP contribution in [0, 0.1) is 0 Å². The largest absolute Gasteiger partial charge is 0.348 e. The predicted octanol–water partition coefficient (Wildman–Crippen LogP) is 2.88. The van der Waals surface area contributed by atoms with Crippen LogP contribution in [0.25, 0.3) is 0 Å². The van der Waals surface area contributed by atoms with Gasteiger partial charge in [-0.15, -0.1) is 0 Å². The van der Waals surface area contributed by atoms with E-state index in [4.69, 9.17) is 5.73 Å². The zero-order valence-corrected chi connectivity index (χ0v) is 9.49. The summed E-state index contributed by atoms with van der Waals surface area (Å²) < 4.78 is 2.49. The highest BCUT2D eigenvalue weighted by atomic mass is 15.0. The average Bonchev–Trinajstić information content (AvgIpc) is 2.75. The first-order valence-corrected chi connectivity index (χ1v) is 6.27. The van der Waals surface area contributed by atoms with Gasteiger partial charge >= 0.3 is 0 Å². The van der Waals surface area contributed by atoms with Crippen LogP contribution in [0.3, 0.4) is 0 Å². The monoisotopic (exact) mass is 206 g/mol. The number of nitrogens with zero attached hydrogens (tertiary/aromatic N) is 1. The van der Waals surface area contributed by atoms with Gasteiger partial charge in [0.15, 0.2) is 0 Å². The molecule has 2 rings (SSSR count). The van der Waals surface area contributed by atoms with Gasteiger partial charge < -0.3 is 10.3 Å². The molecule has 15 heavy (non-hydrogen) atoms. The number of hydrogen-bond donors (Lipinski definition) is 1. The molecule has 1 aromatic rings. The maximum absolute atomic E-state index is 5.56. The van der Waals surface area contributed by atoms with Crippen molar-refractivity contribution in [3.63, 3.8) is 0 Å². The minimum atomic E-state index is 0.765. The van der Waals surface area contributed by atoms with Crippen LogP contribution in [0.5, 0.6) is 0 Å². The van der Waals surface area contributed by atoms with E-state index < -0.39 is 0 Å². The van der Waals surface area contributed by atoms with Gasteiger partial charge in [-0.2, -0.15) is 0 Å². The van der Waals surface area contributed by atoms with Crippen molar-refractivity contribution in [3.8, 4) is 0 Å². The highest BCUT2D eigenvalue weighted by Crippen LogP contribution is 2.29. The Balaban J connectivity index is 2.02. The van der Waals surface area contributed by atoms with Crippen LogP contribution in [0.4, 0.5) is 0 Å². The van der Waals surface area contributed by atoms with Crippen molar-refractivity contribution in [1.82, 2.24) is 4.57 Å². The second kappa shape index (κ2) is 5.36. The van der Waals surface area contributed by atoms with Crippen LogP contribution >= 0.6 is 0 Å². The molecule has 0 bridgehead atoms. The van der Waals surface area contributed by atoms with Crippen molar-refractivity contribution in [3.05, 3.63) is 24.0 Å². The lowest BCUT2D eigenvalue weighted by atomic mass is 9.95. The van der Waals surface area contributed by atoms with E-state index in [2.05, 4.69) is 22.9 Å². The lowest BCUT2D eigenvalue weighted by Crippen LogP contribution is -2.15. The van der Waals surface area contributed by atoms with Crippen molar-refractivity contribution in [2.24, 2.45) is 5.73 Å². The number of nitrogens with two attached hydrogens (primary N) is 1. The van der Waals surface area contributed by atoms with Crippen molar-refractivity contribution in [2.45, 2.75) is 51.0 Å². The van der Waals surface area contributed by atoms with E-state index in [0.717, 1.165) is 25.4 Å². The molecule has 0 radical (unpaired) electrons. The fourth-order valence-electron chi connectivity index (χ4n) is 2.64. The van der Waals surface area contributed by atoms with Gasteiger partial charge in [0.1, 0.15) is 0 Å². The van der Waals surface area contributed by atoms with E-state index in [-0.39, 0.29) is 0 Å². The Hall–Kier alpha value is -0.760. The normalized spacial score (nSPS) is 18.2. The second-order valence-corrected chi connectivity index (χ2v) is 4.59. The lowest BCUT2D eigenvalue weighted by molar-refractivity contribution is 0.347. The second-order valence-electron chi connectivity index (χ2n) is 4.59. The summed E-state index contributed by atoms with van der Waals surface area (Å²) in [6.45, 7) is 0.801. The fraction of sp³-hybridized carbons (Fsp3) is 0.692. The minimum Gasteiger partial charge on any atom is -0.348 e. The zero-order chi connectivity index (χ0) is 10.5. The minimum absolute atomic E-state index is 0.765. The van der Waals surface area contributed by atoms with Gasteiger partial charge in [-0.05, 0) is 44.4 Å². The molecule has 2 nitrogen and oxygen atoms in total. The topological polar surface area (TPSA) is 30.9 Å². The van der Waals surface area contributed by atoms with E-state index in [1.165, 1.54) is 37.8 Å². The van der Waals surface area contributed by atoms with Crippen LogP contribution in [0.2, 0.25) is 0 Å². The molecule has 0 aliphatic heterocycles. The summed E-state index contributed by atoms with van der Waals surface area (Å²) in [5.41, 5.74) is 7.04. The standard InChI is InChI=1S/C13H22N2/c14-10-4-8-13-9-5-11-15(13)12-6-2-1-3-7-12/h5,9,11-12H,1-4,6-8,10,14H2. The molecule has 1 aliphatic rings.